The van der Waals surface area contributed by atoms with Crippen LogP contribution in [0.5, 0.6) is 0 Å². The van der Waals surface area contributed by atoms with Gasteiger partial charge in [-0.25, -0.2) is 9.07 Å². The lowest BCUT2D eigenvalue weighted by molar-refractivity contribution is 0.277. The summed E-state index contributed by atoms with van der Waals surface area (Å²) >= 11 is 0. The number of hydrogen-bond donors (Lipinski definition) is 1. The SMILES string of the molecule is Cc1ccc(Cn2nnc(CO)c2-c2cccc(F)c2)cc1. The van der Waals surface area contributed by atoms with Crippen molar-refractivity contribution < 1.29 is 9.50 Å². The maximum atomic E-state index is 13.5. The van der Waals surface area contributed by atoms with Crippen LogP contribution in [0.25, 0.3) is 11.3 Å². The maximum Gasteiger partial charge on any atom is 0.123 e. The predicted octanol–water partition coefficient (Wildman–Crippen LogP) is 2.93. The van der Waals surface area contributed by atoms with E-state index in [1.807, 2.05) is 31.2 Å². The lowest BCUT2D eigenvalue weighted by Crippen LogP contribution is -2.05. The molecule has 0 aliphatic carbocycles. The molecule has 1 N–H and O–H groups in total. The highest BCUT2D eigenvalue weighted by Gasteiger charge is 2.15. The molecule has 1 heterocycles. The molecule has 0 spiro atoms. The van der Waals surface area contributed by atoms with E-state index >= 15 is 0 Å². The Morgan fingerprint density at radius 1 is 1.14 bits per heavy atom. The van der Waals surface area contributed by atoms with Crippen LogP contribution in [0.15, 0.2) is 48.5 Å². The van der Waals surface area contributed by atoms with Gasteiger partial charge in [-0.15, -0.1) is 5.10 Å². The Balaban J connectivity index is 2.02. The van der Waals surface area contributed by atoms with E-state index in [4.69, 9.17) is 0 Å². The fourth-order valence-electron chi connectivity index (χ4n) is 2.38. The van der Waals surface area contributed by atoms with Gasteiger partial charge in [-0.05, 0) is 24.6 Å². The molecule has 112 valence electrons. The Labute approximate surface area is 127 Å². The predicted molar refractivity (Wildman–Crippen MR) is 81.6 cm³/mol. The average Bonchev–Trinajstić information content (AvgIpc) is 2.92. The van der Waals surface area contributed by atoms with E-state index in [-0.39, 0.29) is 12.4 Å². The molecule has 0 fully saturated rings. The summed E-state index contributed by atoms with van der Waals surface area (Å²) < 4.78 is 15.2. The van der Waals surface area contributed by atoms with Crippen molar-refractivity contribution in [1.82, 2.24) is 15.0 Å². The molecular weight excluding hydrogens is 281 g/mol. The van der Waals surface area contributed by atoms with E-state index in [0.29, 0.717) is 23.5 Å². The maximum absolute atomic E-state index is 13.5. The highest BCUT2D eigenvalue weighted by Crippen LogP contribution is 2.24. The number of hydrogen-bond acceptors (Lipinski definition) is 3. The van der Waals surface area contributed by atoms with Gasteiger partial charge in [0.2, 0.25) is 0 Å². The fraction of sp³-hybridized carbons (Fsp3) is 0.176. The normalized spacial score (nSPS) is 10.9. The summed E-state index contributed by atoms with van der Waals surface area (Å²) in [6.07, 6.45) is 0. The van der Waals surface area contributed by atoms with Crippen LogP contribution in [0, 0.1) is 12.7 Å². The van der Waals surface area contributed by atoms with Crippen molar-refractivity contribution in [2.75, 3.05) is 0 Å². The van der Waals surface area contributed by atoms with Crippen LogP contribution in [0.4, 0.5) is 4.39 Å². The Morgan fingerprint density at radius 2 is 1.91 bits per heavy atom. The van der Waals surface area contributed by atoms with Crippen molar-refractivity contribution in [1.29, 1.82) is 0 Å². The van der Waals surface area contributed by atoms with Crippen LogP contribution in [0.1, 0.15) is 16.8 Å². The van der Waals surface area contributed by atoms with E-state index in [2.05, 4.69) is 10.3 Å². The zero-order chi connectivity index (χ0) is 15.5. The van der Waals surface area contributed by atoms with E-state index in [0.717, 1.165) is 5.56 Å². The monoisotopic (exact) mass is 297 g/mol. The van der Waals surface area contributed by atoms with Crippen molar-refractivity contribution in [2.45, 2.75) is 20.1 Å². The minimum atomic E-state index is -0.329. The van der Waals surface area contributed by atoms with E-state index in [9.17, 15) is 9.50 Å². The molecule has 0 unspecified atom stereocenters. The number of aryl methyl sites for hydroxylation is 1. The first-order chi connectivity index (χ1) is 10.7. The van der Waals surface area contributed by atoms with Crippen LogP contribution in [0.2, 0.25) is 0 Å². The van der Waals surface area contributed by atoms with Crippen molar-refractivity contribution in [2.24, 2.45) is 0 Å². The largest absolute Gasteiger partial charge is 0.390 e. The molecule has 0 saturated heterocycles. The lowest BCUT2D eigenvalue weighted by Gasteiger charge is -2.08. The third kappa shape index (κ3) is 2.89. The molecule has 0 radical (unpaired) electrons. The molecule has 3 aromatic rings. The summed E-state index contributed by atoms with van der Waals surface area (Å²) in [6.45, 7) is 2.31. The van der Waals surface area contributed by atoms with Gasteiger partial charge in [0.25, 0.3) is 0 Å². The van der Waals surface area contributed by atoms with Crippen LogP contribution in [0.3, 0.4) is 0 Å². The first-order valence-corrected chi connectivity index (χ1v) is 7.02. The van der Waals surface area contributed by atoms with Crippen LogP contribution in [-0.2, 0) is 13.2 Å². The standard InChI is InChI=1S/C17H16FN3O/c1-12-5-7-13(8-6-12)10-21-17(16(11-22)19-20-21)14-3-2-4-15(18)9-14/h2-9,22H,10-11H2,1H3. The second-order valence-corrected chi connectivity index (χ2v) is 5.20. The Hall–Kier alpha value is -2.53. The van der Waals surface area contributed by atoms with Crippen LogP contribution < -0.4 is 0 Å². The van der Waals surface area contributed by atoms with Crippen LogP contribution >= 0.6 is 0 Å². The number of aromatic nitrogens is 3. The summed E-state index contributed by atoms with van der Waals surface area (Å²) in [4.78, 5) is 0. The number of aliphatic hydroxyl groups is 1. The minimum Gasteiger partial charge on any atom is -0.390 e. The molecule has 5 heteroatoms. The molecule has 2 aromatic carbocycles. The molecule has 0 aliphatic heterocycles. The van der Waals surface area contributed by atoms with Gasteiger partial charge in [-0.2, -0.15) is 0 Å². The topological polar surface area (TPSA) is 50.9 Å². The minimum absolute atomic E-state index is 0.236. The van der Waals surface area contributed by atoms with Gasteiger partial charge in [0, 0.05) is 5.56 Å². The smallest absolute Gasteiger partial charge is 0.123 e. The van der Waals surface area contributed by atoms with Gasteiger partial charge >= 0.3 is 0 Å². The molecule has 0 saturated carbocycles. The second-order valence-electron chi connectivity index (χ2n) is 5.20. The molecular formula is C17H16FN3O. The molecule has 0 aliphatic rings. The first-order valence-electron chi connectivity index (χ1n) is 7.02. The Kier molecular flexibility index (Phi) is 3.98. The molecule has 3 rings (SSSR count). The Bertz CT molecular complexity index is 781. The van der Waals surface area contributed by atoms with Gasteiger partial charge in [0.05, 0.1) is 18.8 Å². The van der Waals surface area contributed by atoms with Gasteiger partial charge in [0.15, 0.2) is 0 Å². The van der Waals surface area contributed by atoms with Crippen molar-refractivity contribution in [3.05, 3.63) is 71.2 Å². The zero-order valence-corrected chi connectivity index (χ0v) is 12.2. The van der Waals surface area contributed by atoms with E-state index < -0.39 is 0 Å². The van der Waals surface area contributed by atoms with Crippen molar-refractivity contribution in [3.63, 3.8) is 0 Å². The van der Waals surface area contributed by atoms with Crippen LogP contribution in [-0.4, -0.2) is 20.1 Å². The summed E-state index contributed by atoms with van der Waals surface area (Å²) in [6, 6.07) is 14.3. The Morgan fingerprint density at radius 3 is 2.59 bits per heavy atom. The summed E-state index contributed by atoms with van der Waals surface area (Å²) in [7, 11) is 0. The summed E-state index contributed by atoms with van der Waals surface area (Å²) in [5.74, 6) is -0.329. The molecule has 1 aromatic heterocycles. The zero-order valence-electron chi connectivity index (χ0n) is 12.2. The molecule has 0 atom stereocenters. The van der Waals surface area contributed by atoms with Gasteiger partial charge in [0.1, 0.15) is 11.5 Å². The highest BCUT2D eigenvalue weighted by atomic mass is 19.1. The van der Waals surface area contributed by atoms with Gasteiger partial charge < -0.3 is 5.11 Å². The van der Waals surface area contributed by atoms with Gasteiger partial charge in [-0.3, -0.25) is 0 Å². The van der Waals surface area contributed by atoms with Gasteiger partial charge in [-0.1, -0.05) is 47.2 Å². The number of benzene rings is 2. The second kappa shape index (κ2) is 6.07. The summed E-state index contributed by atoms with van der Waals surface area (Å²) in [5, 5.41) is 17.5. The number of rotatable bonds is 4. The molecule has 0 amide bonds. The highest BCUT2D eigenvalue weighted by molar-refractivity contribution is 5.62. The number of nitrogens with zero attached hydrogens (tertiary/aromatic N) is 3. The quantitative estimate of drug-likeness (QED) is 0.805. The lowest BCUT2D eigenvalue weighted by atomic mass is 10.1. The van der Waals surface area contributed by atoms with Crippen molar-refractivity contribution >= 4 is 0 Å². The molecule has 0 bridgehead atoms. The molecule has 4 nitrogen and oxygen atoms in total. The average molecular weight is 297 g/mol. The van der Waals surface area contributed by atoms with Crippen molar-refractivity contribution in [3.8, 4) is 11.3 Å². The summed E-state index contributed by atoms with van der Waals surface area (Å²) in [5.41, 5.74) is 3.99. The number of aliphatic hydroxyl groups excluding tert-OH is 1. The number of halogens is 1. The molecule has 22 heavy (non-hydrogen) atoms. The third-order valence-corrected chi connectivity index (χ3v) is 3.51. The first kappa shape index (κ1) is 14.4. The third-order valence-electron chi connectivity index (χ3n) is 3.51. The van der Waals surface area contributed by atoms with E-state index in [1.165, 1.54) is 17.7 Å². The fourth-order valence-corrected chi connectivity index (χ4v) is 2.38. The van der Waals surface area contributed by atoms with E-state index in [1.54, 1.807) is 16.8 Å².